The quantitative estimate of drug-likeness (QED) is 0.493. The van der Waals surface area contributed by atoms with E-state index in [0.29, 0.717) is 0 Å². The zero-order valence-electron chi connectivity index (χ0n) is 18.7. The number of piperazine rings is 1. The third-order valence-corrected chi connectivity index (χ3v) is 6.37. The van der Waals surface area contributed by atoms with E-state index >= 15 is 0 Å². The fraction of sp³-hybridized carbons (Fsp3) is 0.308. The number of para-hydroxylation sites is 1. The number of nitrogens with one attached hydrogen (secondary N) is 1. The molecule has 0 bridgehead atoms. The van der Waals surface area contributed by atoms with Gasteiger partial charge in [-0.1, -0.05) is 25.1 Å². The number of likely N-dealkylation sites (N-methyl/N-ethyl adjacent to an activating group) is 1. The van der Waals surface area contributed by atoms with Crippen molar-refractivity contribution in [2.24, 2.45) is 0 Å². The third kappa shape index (κ3) is 4.11. The second kappa shape index (κ2) is 9.10. The Labute approximate surface area is 188 Å². The van der Waals surface area contributed by atoms with E-state index < -0.39 is 0 Å². The zero-order valence-corrected chi connectivity index (χ0v) is 18.7. The van der Waals surface area contributed by atoms with Crippen molar-refractivity contribution in [2.45, 2.75) is 13.5 Å². The second-order valence-electron chi connectivity index (χ2n) is 8.32. The number of benzene rings is 1. The van der Waals surface area contributed by atoms with Gasteiger partial charge in [0.25, 0.3) is 0 Å². The Morgan fingerprint density at radius 2 is 1.72 bits per heavy atom. The van der Waals surface area contributed by atoms with Gasteiger partial charge in [-0.25, -0.2) is 4.98 Å². The van der Waals surface area contributed by atoms with Crippen LogP contribution in [0.3, 0.4) is 0 Å². The van der Waals surface area contributed by atoms with Crippen LogP contribution in [0.15, 0.2) is 61.2 Å². The molecule has 3 aromatic heterocycles. The average molecular weight is 428 g/mol. The number of aromatic amines is 1. The van der Waals surface area contributed by atoms with Gasteiger partial charge in [0.2, 0.25) is 0 Å². The molecule has 1 aliphatic heterocycles. The molecule has 1 saturated heterocycles. The normalized spacial score (nSPS) is 15.3. The molecule has 0 aliphatic carbocycles. The lowest BCUT2D eigenvalue weighted by Crippen LogP contribution is -2.45. The minimum absolute atomic E-state index is 0.852. The molecule has 4 aromatic rings. The number of methoxy groups -OCH3 is 1. The zero-order chi connectivity index (χ0) is 21.9. The van der Waals surface area contributed by atoms with Crippen LogP contribution in [0.4, 0.5) is 0 Å². The van der Waals surface area contributed by atoms with Crippen LogP contribution in [0.25, 0.3) is 33.3 Å². The first kappa shape index (κ1) is 20.7. The van der Waals surface area contributed by atoms with Gasteiger partial charge in [-0.2, -0.15) is 0 Å². The van der Waals surface area contributed by atoms with Gasteiger partial charge in [0.05, 0.1) is 7.11 Å². The van der Waals surface area contributed by atoms with E-state index in [9.17, 15) is 0 Å². The number of fused-ring (bicyclic) bond motifs is 1. The van der Waals surface area contributed by atoms with Crippen LogP contribution in [0.2, 0.25) is 0 Å². The Bertz CT molecular complexity index is 1210. The van der Waals surface area contributed by atoms with Crippen LogP contribution in [0.5, 0.6) is 5.75 Å². The number of hydrogen-bond donors (Lipinski definition) is 1. The van der Waals surface area contributed by atoms with Crippen molar-refractivity contribution in [2.75, 3.05) is 39.8 Å². The molecule has 1 fully saturated rings. The highest BCUT2D eigenvalue weighted by Gasteiger charge is 2.16. The van der Waals surface area contributed by atoms with Crippen molar-refractivity contribution >= 4 is 11.0 Å². The lowest BCUT2D eigenvalue weighted by molar-refractivity contribution is 0.132. The van der Waals surface area contributed by atoms with Crippen molar-refractivity contribution in [3.63, 3.8) is 0 Å². The second-order valence-corrected chi connectivity index (χ2v) is 8.32. The van der Waals surface area contributed by atoms with Crippen molar-refractivity contribution in [1.29, 1.82) is 0 Å². The molecule has 0 saturated carbocycles. The molecule has 1 aliphatic rings. The predicted octanol–water partition coefficient (Wildman–Crippen LogP) is 4.44. The number of pyridine rings is 2. The van der Waals surface area contributed by atoms with Crippen LogP contribution in [-0.2, 0) is 6.54 Å². The maximum Gasteiger partial charge on any atom is 0.137 e. The summed E-state index contributed by atoms with van der Waals surface area (Å²) in [5.41, 5.74) is 6.41. The van der Waals surface area contributed by atoms with Crippen LogP contribution >= 0.6 is 0 Å². The molecule has 1 aromatic carbocycles. The summed E-state index contributed by atoms with van der Waals surface area (Å²) in [5, 5.41) is 1.08. The molecular weight excluding hydrogens is 398 g/mol. The summed E-state index contributed by atoms with van der Waals surface area (Å²) in [6, 6.07) is 12.5. The SMILES string of the molecule is CCN1CCN(Cc2cncc(-c3cnc4[nH]cc(-c5ccccc5OC)c4c3)c2)CC1. The van der Waals surface area contributed by atoms with Crippen LogP contribution < -0.4 is 4.74 Å². The fourth-order valence-electron chi connectivity index (χ4n) is 4.50. The number of nitrogens with zero attached hydrogens (tertiary/aromatic N) is 4. The molecule has 0 unspecified atom stereocenters. The molecule has 164 valence electrons. The van der Waals surface area contributed by atoms with E-state index in [1.807, 2.05) is 43.0 Å². The summed E-state index contributed by atoms with van der Waals surface area (Å²) in [6.45, 7) is 8.81. The minimum Gasteiger partial charge on any atom is -0.496 e. The molecule has 0 spiro atoms. The highest BCUT2D eigenvalue weighted by Crippen LogP contribution is 2.36. The summed E-state index contributed by atoms with van der Waals surface area (Å²) < 4.78 is 5.58. The number of aromatic nitrogens is 3. The largest absolute Gasteiger partial charge is 0.496 e. The van der Waals surface area contributed by atoms with Crippen LogP contribution in [0, 0.1) is 0 Å². The lowest BCUT2D eigenvalue weighted by atomic mass is 10.0. The van der Waals surface area contributed by atoms with E-state index in [1.165, 1.54) is 5.56 Å². The molecule has 5 rings (SSSR count). The highest BCUT2D eigenvalue weighted by molar-refractivity contribution is 5.97. The van der Waals surface area contributed by atoms with Crippen molar-refractivity contribution in [3.05, 3.63) is 66.7 Å². The van der Waals surface area contributed by atoms with Gasteiger partial charge >= 0.3 is 0 Å². The van der Waals surface area contributed by atoms with E-state index in [1.54, 1.807) is 7.11 Å². The predicted molar refractivity (Wildman–Crippen MR) is 129 cm³/mol. The fourth-order valence-corrected chi connectivity index (χ4v) is 4.50. The van der Waals surface area contributed by atoms with Gasteiger partial charge in [-0.05, 0) is 30.3 Å². The molecule has 0 radical (unpaired) electrons. The van der Waals surface area contributed by atoms with Crippen molar-refractivity contribution in [1.82, 2.24) is 24.8 Å². The maximum atomic E-state index is 5.58. The standard InChI is InChI=1S/C26H29N5O/c1-3-30-8-10-31(11-9-30)18-19-12-20(15-27-14-19)21-13-23-24(17-29-26(23)28-16-21)22-6-4-5-7-25(22)32-2/h4-7,12-17H,3,8-11,18H2,1-2H3,(H,28,29). The molecule has 32 heavy (non-hydrogen) atoms. The molecular formula is C26H29N5O. The summed E-state index contributed by atoms with van der Waals surface area (Å²) in [7, 11) is 1.70. The first-order valence-corrected chi connectivity index (χ1v) is 11.2. The van der Waals surface area contributed by atoms with Gasteiger partial charge in [0.15, 0.2) is 0 Å². The summed E-state index contributed by atoms with van der Waals surface area (Å²) in [6.07, 6.45) is 7.84. The highest BCUT2D eigenvalue weighted by atomic mass is 16.5. The summed E-state index contributed by atoms with van der Waals surface area (Å²) >= 11 is 0. The summed E-state index contributed by atoms with van der Waals surface area (Å²) in [5.74, 6) is 0.852. The number of H-pyrrole nitrogens is 1. The van der Waals surface area contributed by atoms with E-state index in [0.717, 1.165) is 78.3 Å². The Morgan fingerprint density at radius 3 is 2.53 bits per heavy atom. The first-order valence-electron chi connectivity index (χ1n) is 11.2. The van der Waals surface area contributed by atoms with E-state index in [2.05, 4.69) is 49.9 Å². The van der Waals surface area contributed by atoms with Crippen molar-refractivity contribution < 1.29 is 4.74 Å². The van der Waals surface area contributed by atoms with Gasteiger partial charge < -0.3 is 14.6 Å². The average Bonchev–Trinajstić information content (AvgIpc) is 3.28. The van der Waals surface area contributed by atoms with Gasteiger partial charge in [0.1, 0.15) is 11.4 Å². The van der Waals surface area contributed by atoms with Gasteiger partial charge in [-0.3, -0.25) is 9.88 Å². The maximum absolute atomic E-state index is 5.58. The molecule has 6 nitrogen and oxygen atoms in total. The Kier molecular flexibility index (Phi) is 5.88. The minimum atomic E-state index is 0.852. The Hall–Kier alpha value is -3.22. The monoisotopic (exact) mass is 427 g/mol. The molecule has 1 N–H and O–H groups in total. The third-order valence-electron chi connectivity index (χ3n) is 6.37. The van der Waals surface area contributed by atoms with E-state index in [-0.39, 0.29) is 0 Å². The lowest BCUT2D eigenvalue weighted by Gasteiger charge is -2.34. The topological polar surface area (TPSA) is 57.3 Å². The number of rotatable bonds is 6. The molecule has 6 heteroatoms. The molecule has 4 heterocycles. The number of hydrogen-bond acceptors (Lipinski definition) is 5. The molecule has 0 atom stereocenters. The smallest absolute Gasteiger partial charge is 0.137 e. The Morgan fingerprint density at radius 1 is 0.938 bits per heavy atom. The van der Waals surface area contributed by atoms with E-state index in [4.69, 9.17) is 4.74 Å². The molecule has 0 amide bonds. The number of ether oxygens (including phenoxy) is 1. The first-order chi connectivity index (χ1) is 15.7. The van der Waals surface area contributed by atoms with Gasteiger partial charge in [-0.15, -0.1) is 0 Å². The Balaban J connectivity index is 1.43. The summed E-state index contributed by atoms with van der Waals surface area (Å²) in [4.78, 5) is 17.5. The van der Waals surface area contributed by atoms with Crippen LogP contribution in [-0.4, -0.2) is 64.6 Å². The van der Waals surface area contributed by atoms with Gasteiger partial charge in [0, 0.05) is 85.2 Å². The van der Waals surface area contributed by atoms with Crippen LogP contribution in [0.1, 0.15) is 12.5 Å². The van der Waals surface area contributed by atoms with Crippen molar-refractivity contribution in [3.8, 4) is 28.0 Å².